The van der Waals surface area contributed by atoms with E-state index in [-0.39, 0.29) is 7.43 Å². The summed E-state index contributed by atoms with van der Waals surface area (Å²) in [6, 6.07) is 0. The average molecular weight is 125 g/mol. The molecule has 3 N–H and O–H groups in total. The van der Waals surface area contributed by atoms with Gasteiger partial charge in [-0.1, -0.05) is 7.43 Å². The molecule has 0 aromatic heterocycles. The molecule has 0 spiro atoms. The molecule has 8 heavy (non-hydrogen) atoms. The zero-order chi connectivity index (χ0) is 6.08. The van der Waals surface area contributed by atoms with E-state index >= 15 is 0 Å². The summed E-state index contributed by atoms with van der Waals surface area (Å²) < 4.78 is 0. The average Bonchev–Trinajstić information content (AvgIpc) is 1.31. The van der Waals surface area contributed by atoms with Gasteiger partial charge >= 0.3 is 6.10 Å². The Morgan fingerprint density at radius 3 is 1.50 bits per heavy atom. The molecule has 0 atom stereocenters. The number of nitro groups is 1. The molecule has 0 saturated heterocycles. The highest BCUT2D eigenvalue weighted by Crippen LogP contribution is 1.89. The van der Waals surface area contributed by atoms with E-state index in [1.807, 2.05) is 0 Å². The third kappa shape index (κ3) is 3.47. The summed E-state index contributed by atoms with van der Waals surface area (Å²) in [4.78, 5) is 7.43. The van der Waals surface area contributed by atoms with Crippen molar-refractivity contribution in [3.05, 3.63) is 10.1 Å². The maximum Gasteiger partial charge on any atom is 0.567 e. The van der Waals surface area contributed by atoms with Crippen LogP contribution in [-0.4, -0.2) is 26.3 Å². The van der Waals surface area contributed by atoms with Crippen molar-refractivity contribution >= 4 is 0 Å². The van der Waals surface area contributed by atoms with Gasteiger partial charge in [-0.05, 0) is 0 Å². The van der Waals surface area contributed by atoms with Crippen LogP contribution < -0.4 is 0 Å². The fraction of sp³-hybridized carbons (Fsp3) is 1.00. The molecular weight excluding hydrogens is 118 g/mol. The van der Waals surface area contributed by atoms with Gasteiger partial charge in [0.1, 0.15) is 4.92 Å². The first kappa shape index (κ1) is 10.3. The predicted octanol–water partition coefficient (Wildman–Crippen LogP) is -1.51. The molecule has 6 heteroatoms. The normalized spacial score (nSPS) is 9.88. The predicted molar refractivity (Wildman–Crippen MR) is 23.1 cm³/mol. The highest BCUT2D eigenvalue weighted by atomic mass is 16.8. The minimum Gasteiger partial charge on any atom is -0.280 e. The highest BCUT2D eigenvalue weighted by molar-refractivity contribution is 4.15. The zero-order valence-corrected chi connectivity index (χ0v) is 3.11. The first-order valence-corrected chi connectivity index (χ1v) is 1.26. The molecule has 0 aromatic rings. The Kier molecular flexibility index (Phi) is 3.29. The van der Waals surface area contributed by atoms with E-state index in [4.69, 9.17) is 25.4 Å². The third-order valence-corrected chi connectivity index (χ3v) is 0.245. The van der Waals surface area contributed by atoms with E-state index in [0.29, 0.717) is 0 Å². The van der Waals surface area contributed by atoms with Crippen LogP contribution in [0.1, 0.15) is 7.43 Å². The van der Waals surface area contributed by atoms with Crippen LogP contribution in [0.4, 0.5) is 0 Å². The minimum absolute atomic E-state index is 0. The molecule has 0 saturated carbocycles. The second kappa shape index (κ2) is 2.55. The van der Waals surface area contributed by atoms with E-state index in [9.17, 15) is 0 Å². The van der Waals surface area contributed by atoms with E-state index < -0.39 is 11.0 Å². The standard InChI is InChI=1S/CH3NO5.CH4/c3-1(4,5)2(6)7;/h3-5H;1H4. The van der Waals surface area contributed by atoms with Gasteiger partial charge in [0.15, 0.2) is 0 Å². The van der Waals surface area contributed by atoms with Gasteiger partial charge < -0.3 is 0 Å². The van der Waals surface area contributed by atoms with E-state index in [1.165, 1.54) is 0 Å². The molecule has 0 fully saturated rings. The lowest BCUT2D eigenvalue weighted by atomic mass is 11.0. The Morgan fingerprint density at radius 2 is 1.50 bits per heavy atom. The van der Waals surface area contributed by atoms with Crippen molar-refractivity contribution in [1.82, 2.24) is 0 Å². The Balaban J connectivity index is 0. The van der Waals surface area contributed by atoms with Crippen molar-refractivity contribution < 1.29 is 20.2 Å². The van der Waals surface area contributed by atoms with Crippen molar-refractivity contribution in [1.29, 1.82) is 0 Å². The van der Waals surface area contributed by atoms with Crippen LogP contribution >= 0.6 is 0 Å². The van der Waals surface area contributed by atoms with Gasteiger partial charge in [0.2, 0.25) is 0 Å². The van der Waals surface area contributed by atoms with Crippen molar-refractivity contribution in [2.24, 2.45) is 0 Å². The lowest BCUT2D eigenvalue weighted by Gasteiger charge is -1.99. The quantitative estimate of drug-likeness (QED) is 0.224. The molecule has 0 aliphatic heterocycles. The summed E-state index contributed by atoms with van der Waals surface area (Å²) in [7, 11) is 0. The maximum absolute atomic E-state index is 9.08. The van der Waals surface area contributed by atoms with Crippen molar-refractivity contribution in [2.75, 3.05) is 0 Å². The number of aliphatic hydroxyl groups is 3. The molecule has 0 unspecified atom stereocenters. The Bertz CT molecular complexity index is 82.9. The summed E-state index contributed by atoms with van der Waals surface area (Å²) in [5, 5.41) is 31.6. The van der Waals surface area contributed by atoms with E-state index in [2.05, 4.69) is 0 Å². The minimum atomic E-state index is -3.78. The molecule has 0 heterocycles. The van der Waals surface area contributed by atoms with Gasteiger partial charge in [0, 0.05) is 0 Å². The molecule has 0 aromatic carbocycles. The molecule has 6 nitrogen and oxygen atoms in total. The maximum atomic E-state index is 9.08. The topological polar surface area (TPSA) is 104 Å². The fourth-order valence-electron chi connectivity index (χ4n) is 0. The van der Waals surface area contributed by atoms with Crippen LogP contribution in [0.15, 0.2) is 0 Å². The second-order valence-electron chi connectivity index (χ2n) is 0.857. The number of nitrogens with zero attached hydrogens (tertiary/aromatic N) is 1. The lowest BCUT2D eigenvalue weighted by Crippen LogP contribution is -2.36. The highest BCUT2D eigenvalue weighted by Gasteiger charge is 2.33. The van der Waals surface area contributed by atoms with Crippen molar-refractivity contribution in [3.8, 4) is 0 Å². The van der Waals surface area contributed by atoms with Crippen LogP contribution in [0, 0.1) is 10.1 Å². The second-order valence-corrected chi connectivity index (χ2v) is 0.857. The summed E-state index contributed by atoms with van der Waals surface area (Å²) in [6.07, 6.45) is -3.78. The molecule has 0 bridgehead atoms. The van der Waals surface area contributed by atoms with Gasteiger partial charge in [-0.2, -0.15) is 0 Å². The molecular formula is C2H7NO5. The zero-order valence-electron chi connectivity index (χ0n) is 3.11. The van der Waals surface area contributed by atoms with Gasteiger partial charge in [0.25, 0.3) is 0 Å². The molecule has 0 amide bonds. The summed E-state index contributed by atoms with van der Waals surface area (Å²) in [6.45, 7) is 0. The van der Waals surface area contributed by atoms with Crippen LogP contribution in [0.5, 0.6) is 0 Å². The molecule has 0 rings (SSSR count). The van der Waals surface area contributed by atoms with E-state index in [1.54, 1.807) is 0 Å². The number of rotatable bonds is 1. The fourth-order valence-corrected chi connectivity index (χ4v) is 0. The van der Waals surface area contributed by atoms with Crippen LogP contribution in [0.2, 0.25) is 0 Å². The lowest BCUT2D eigenvalue weighted by molar-refractivity contribution is -0.743. The Hall–Kier alpha value is -0.720. The monoisotopic (exact) mass is 125 g/mol. The largest absolute Gasteiger partial charge is 0.567 e. The molecule has 0 radical (unpaired) electrons. The van der Waals surface area contributed by atoms with Crippen LogP contribution in [0.25, 0.3) is 0 Å². The summed E-state index contributed by atoms with van der Waals surface area (Å²) >= 11 is 0. The summed E-state index contributed by atoms with van der Waals surface area (Å²) in [5.41, 5.74) is 0. The number of hydrogen-bond acceptors (Lipinski definition) is 5. The van der Waals surface area contributed by atoms with Crippen LogP contribution in [-0.2, 0) is 0 Å². The SMILES string of the molecule is C.O=[N+]([O-])C(O)(O)O. The Labute approximate surface area is 45.1 Å². The van der Waals surface area contributed by atoms with Gasteiger partial charge in [-0.3, -0.25) is 25.4 Å². The molecule has 0 aliphatic rings. The van der Waals surface area contributed by atoms with Crippen molar-refractivity contribution in [3.63, 3.8) is 0 Å². The Morgan fingerprint density at radius 1 is 1.38 bits per heavy atom. The molecule has 0 aliphatic carbocycles. The number of hydrogen-bond donors (Lipinski definition) is 3. The van der Waals surface area contributed by atoms with Gasteiger partial charge in [0.05, 0.1) is 0 Å². The first-order valence-electron chi connectivity index (χ1n) is 1.26. The first-order chi connectivity index (χ1) is 2.94. The van der Waals surface area contributed by atoms with Gasteiger partial charge in [-0.25, -0.2) is 0 Å². The van der Waals surface area contributed by atoms with Gasteiger partial charge in [-0.15, -0.1) is 0 Å². The van der Waals surface area contributed by atoms with Crippen LogP contribution in [0.3, 0.4) is 0 Å². The van der Waals surface area contributed by atoms with E-state index in [0.717, 1.165) is 0 Å². The summed E-state index contributed by atoms with van der Waals surface area (Å²) in [5.74, 6) is 0. The third-order valence-electron chi connectivity index (χ3n) is 0.245. The van der Waals surface area contributed by atoms with Crippen molar-refractivity contribution in [2.45, 2.75) is 13.5 Å². The smallest absolute Gasteiger partial charge is 0.280 e. The molecule has 50 valence electrons.